The number of anilines is 1. The molecule has 2 aromatic heterocycles. The fourth-order valence-corrected chi connectivity index (χ4v) is 4.64. The van der Waals surface area contributed by atoms with Gasteiger partial charge in [-0.3, -0.25) is 9.48 Å². The number of amides is 1. The number of nitrogens with one attached hydrogen (secondary N) is 1. The van der Waals surface area contributed by atoms with Crippen LogP contribution >= 0.6 is 27.3 Å². The van der Waals surface area contributed by atoms with Crippen molar-refractivity contribution in [3.63, 3.8) is 0 Å². The third-order valence-electron chi connectivity index (χ3n) is 4.58. The van der Waals surface area contributed by atoms with Crippen LogP contribution in [0.2, 0.25) is 0 Å². The second-order valence-electron chi connectivity index (χ2n) is 6.97. The van der Waals surface area contributed by atoms with Gasteiger partial charge in [0.2, 0.25) is 5.91 Å². The molecule has 4 rings (SSSR count). The molecule has 6 nitrogen and oxygen atoms in total. The number of carbonyl (C=O) groups is 1. The molecule has 0 atom stereocenters. The molecule has 170 valence electrons. The van der Waals surface area contributed by atoms with Gasteiger partial charge in [-0.15, -0.1) is 11.3 Å². The van der Waals surface area contributed by atoms with E-state index in [4.69, 9.17) is 0 Å². The Balaban J connectivity index is 1.45. The van der Waals surface area contributed by atoms with Crippen molar-refractivity contribution in [1.29, 1.82) is 0 Å². The Labute approximate surface area is 190 Å². The Hall–Kier alpha value is -2.54. The third-order valence-corrected chi connectivity index (χ3v) is 6.12. The molecule has 1 fully saturated rings. The highest BCUT2D eigenvalue weighted by Crippen LogP contribution is 2.47. The van der Waals surface area contributed by atoms with Crippen molar-refractivity contribution >= 4 is 38.3 Å². The third kappa shape index (κ3) is 5.09. The van der Waals surface area contributed by atoms with Crippen molar-refractivity contribution < 1.29 is 31.5 Å². The quantitative estimate of drug-likeness (QED) is 0.381. The molecule has 0 saturated heterocycles. The average Bonchev–Trinajstić information content (AvgIpc) is 3.33. The van der Waals surface area contributed by atoms with Crippen LogP contribution in [0, 0.1) is 0 Å². The van der Waals surface area contributed by atoms with Gasteiger partial charge in [0.15, 0.2) is 10.8 Å². The maximum absolute atomic E-state index is 13.2. The topological polar surface area (TPSA) is 69.0 Å². The summed E-state index contributed by atoms with van der Waals surface area (Å²) >= 11 is 4.11. The highest BCUT2D eigenvalue weighted by atomic mass is 79.9. The summed E-state index contributed by atoms with van der Waals surface area (Å²) in [7, 11) is 0. The first kappa shape index (κ1) is 22.6. The molecule has 0 spiro atoms. The predicted molar refractivity (Wildman–Crippen MR) is 110 cm³/mol. The highest BCUT2D eigenvalue weighted by Gasteiger charge is 2.42. The minimum Gasteiger partial charge on any atom is -0.435 e. The number of rotatable bonds is 7. The number of alkyl halides is 5. The molecule has 13 heteroatoms. The van der Waals surface area contributed by atoms with Crippen molar-refractivity contribution in [3.05, 3.63) is 45.5 Å². The van der Waals surface area contributed by atoms with Gasteiger partial charge in [0.05, 0.1) is 15.9 Å². The number of hydrogen-bond donors (Lipinski definition) is 1. The second kappa shape index (κ2) is 8.77. The van der Waals surface area contributed by atoms with Gasteiger partial charge in [0.1, 0.15) is 12.3 Å². The molecule has 2 heterocycles. The summed E-state index contributed by atoms with van der Waals surface area (Å²) in [6.07, 6.45) is -3.16. The summed E-state index contributed by atoms with van der Waals surface area (Å²) < 4.78 is 69.3. The minimum absolute atomic E-state index is 0.00239. The summed E-state index contributed by atoms with van der Waals surface area (Å²) in [5.74, 6) is -0.635. The van der Waals surface area contributed by atoms with Crippen LogP contribution in [0.15, 0.2) is 34.1 Å². The van der Waals surface area contributed by atoms with Crippen LogP contribution in [0.4, 0.5) is 27.1 Å². The van der Waals surface area contributed by atoms with Gasteiger partial charge in [-0.2, -0.15) is 27.1 Å². The Morgan fingerprint density at radius 1 is 1.28 bits per heavy atom. The monoisotopic (exact) mass is 536 g/mol. The Morgan fingerprint density at radius 2 is 1.97 bits per heavy atom. The van der Waals surface area contributed by atoms with E-state index in [2.05, 4.69) is 36.1 Å². The van der Waals surface area contributed by atoms with Crippen molar-refractivity contribution in [1.82, 2.24) is 14.8 Å². The Bertz CT molecular complexity index is 1130. The van der Waals surface area contributed by atoms with Crippen LogP contribution in [-0.4, -0.2) is 27.3 Å². The van der Waals surface area contributed by atoms with E-state index in [1.807, 2.05) is 0 Å². The zero-order valence-electron chi connectivity index (χ0n) is 16.0. The fourth-order valence-electron chi connectivity index (χ4n) is 3.07. The molecule has 1 amide bonds. The van der Waals surface area contributed by atoms with E-state index in [9.17, 15) is 26.7 Å². The van der Waals surface area contributed by atoms with Gasteiger partial charge in [0, 0.05) is 16.9 Å². The van der Waals surface area contributed by atoms with Gasteiger partial charge in [0.25, 0.3) is 0 Å². The lowest BCUT2D eigenvalue weighted by molar-refractivity contribution is -0.142. The van der Waals surface area contributed by atoms with Gasteiger partial charge < -0.3 is 10.1 Å². The first-order valence-corrected chi connectivity index (χ1v) is 10.9. The predicted octanol–water partition coefficient (Wildman–Crippen LogP) is 5.91. The fraction of sp³-hybridized carbons (Fsp3) is 0.316. The van der Waals surface area contributed by atoms with Crippen molar-refractivity contribution in [2.24, 2.45) is 0 Å². The molecule has 1 aliphatic rings. The summed E-state index contributed by atoms with van der Waals surface area (Å²) in [5.41, 5.74) is 0.417. The molecule has 32 heavy (non-hydrogen) atoms. The van der Waals surface area contributed by atoms with Gasteiger partial charge in [-0.1, -0.05) is 0 Å². The maximum Gasteiger partial charge on any atom is 0.436 e. The summed E-state index contributed by atoms with van der Waals surface area (Å²) in [4.78, 5) is 16.7. The van der Waals surface area contributed by atoms with Crippen molar-refractivity contribution in [2.45, 2.75) is 38.1 Å². The lowest BCUT2D eigenvalue weighted by Gasteiger charge is -2.07. The van der Waals surface area contributed by atoms with Crippen LogP contribution in [0.3, 0.4) is 0 Å². The molecule has 1 N–H and O–H groups in total. The van der Waals surface area contributed by atoms with Crippen LogP contribution in [0.25, 0.3) is 11.3 Å². The Morgan fingerprint density at radius 3 is 2.56 bits per heavy atom. The highest BCUT2D eigenvalue weighted by molar-refractivity contribution is 9.10. The number of nitrogens with zero attached hydrogens (tertiary/aromatic N) is 3. The number of hydrogen-bond acceptors (Lipinski definition) is 5. The molecule has 0 bridgehead atoms. The number of aromatic nitrogens is 3. The maximum atomic E-state index is 13.2. The van der Waals surface area contributed by atoms with Crippen LogP contribution in [0.1, 0.15) is 30.1 Å². The van der Waals surface area contributed by atoms with Gasteiger partial charge >= 0.3 is 12.8 Å². The molecule has 1 aliphatic carbocycles. The van der Waals surface area contributed by atoms with E-state index < -0.39 is 30.9 Å². The normalized spacial score (nSPS) is 14.1. The van der Waals surface area contributed by atoms with E-state index >= 15 is 0 Å². The molecule has 1 aromatic carbocycles. The summed E-state index contributed by atoms with van der Waals surface area (Å²) in [6.45, 7) is -3.32. The van der Waals surface area contributed by atoms with E-state index in [1.54, 1.807) is 17.5 Å². The molecule has 0 radical (unpaired) electrons. The second-order valence-corrected chi connectivity index (χ2v) is 8.62. The van der Waals surface area contributed by atoms with Gasteiger partial charge in [-0.25, -0.2) is 4.98 Å². The minimum atomic E-state index is -4.63. The molecule has 0 aliphatic heterocycles. The number of ether oxygens (including phenoxy) is 1. The zero-order valence-corrected chi connectivity index (χ0v) is 18.4. The van der Waals surface area contributed by atoms with Crippen molar-refractivity contribution in [2.75, 3.05) is 5.32 Å². The van der Waals surface area contributed by atoms with E-state index in [0.29, 0.717) is 17.0 Å². The van der Waals surface area contributed by atoms with Crippen LogP contribution in [-0.2, 0) is 17.5 Å². The first-order valence-electron chi connectivity index (χ1n) is 9.26. The number of halogens is 6. The average molecular weight is 537 g/mol. The Kier molecular flexibility index (Phi) is 6.21. The molecule has 1 saturated carbocycles. The summed E-state index contributed by atoms with van der Waals surface area (Å²) in [6, 6.07) is 5.82. The van der Waals surface area contributed by atoms with Crippen molar-refractivity contribution in [3.8, 4) is 17.0 Å². The number of benzene rings is 1. The zero-order chi connectivity index (χ0) is 23.0. The lowest BCUT2D eigenvalue weighted by Crippen LogP contribution is -2.21. The number of carbonyl (C=O) groups excluding carboxylic acids is 1. The molecule has 0 unspecified atom stereocenters. The molecular formula is C19H14BrF5N4O2S. The standard InChI is InChI=1S/C19H14BrF5N4O2S/c20-14-15(10-1-2-10)29(28-16(14)19(23,24)25)7-13(30)27-18-26-12(8-32-18)9-3-5-11(6-4-9)31-17(21)22/h3-6,8,10,17H,1-2,7H2,(H,26,27,30). The van der Waals surface area contributed by atoms with Crippen LogP contribution < -0.4 is 10.1 Å². The summed E-state index contributed by atoms with van der Waals surface area (Å²) in [5, 5.41) is 8.06. The SMILES string of the molecule is O=C(Cn1nc(C(F)(F)F)c(Br)c1C1CC1)Nc1nc(-c2ccc(OC(F)F)cc2)cs1. The lowest BCUT2D eigenvalue weighted by atomic mass is 10.2. The largest absolute Gasteiger partial charge is 0.436 e. The smallest absolute Gasteiger partial charge is 0.435 e. The van der Waals surface area contributed by atoms with E-state index in [0.717, 1.165) is 28.9 Å². The number of thiazole rings is 1. The van der Waals surface area contributed by atoms with E-state index in [1.165, 1.54) is 12.1 Å². The molecular weight excluding hydrogens is 523 g/mol. The molecule has 3 aromatic rings. The first-order chi connectivity index (χ1) is 15.1. The van der Waals surface area contributed by atoms with E-state index in [-0.39, 0.29) is 21.3 Å². The van der Waals surface area contributed by atoms with Crippen LogP contribution in [0.5, 0.6) is 5.75 Å². The van der Waals surface area contributed by atoms with Gasteiger partial charge in [-0.05, 0) is 53.0 Å².